The van der Waals surface area contributed by atoms with Crippen LogP contribution in [0.2, 0.25) is 0 Å². The molecule has 18 heavy (non-hydrogen) atoms. The van der Waals surface area contributed by atoms with Crippen molar-refractivity contribution in [3.63, 3.8) is 0 Å². The summed E-state index contributed by atoms with van der Waals surface area (Å²) in [6.45, 7) is 3.84. The Bertz CT molecular complexity index is 346. The van der Waals surface area contributed by atoms with Crippen molar-refractivity contribution < 1.29 is 9.13 Å². The van der Waals surface area contributed by atoms with Crippen LogP contribution in [0.25, 0.3) is 0 Å². The molecule has 100 valence electrons. The van der Waals surface area contributed by atoms with Crippen LogP contribution in [0.4, 0.5) is 4.39 Å². The van der Waals surface area contributed by atoms with Gasteiger partial charge in [0.15, 0.2) is 0 Å². The first kappa shape index (κ1) is 13.5. The smallest absolute Gasteiger partial charge is 0.123 e. The minimum absolute atomic E-state index is 0.169. The molecular weight excluding hydrogens is 229 g/mol. The maximum absolute atomic E-state index is 13.0. The fourth-order valence-corrected chi connectivity index (χ4v) is 2.40. The summed E-state index contributed by atoms with van der Waals surface area (Å²) >= 11 is 0. The quantitative estimate of drug-likeness (QED) is 0.836. The van der Waals surface area contributed by atoms with Gasteiger partial charge in [-0.2, -0.15) is 0 Å². The molecule has 2 atom stereocenters. The standard InChI is InChI=1S/C15H22FNO/c1-2-3-4-15(17-14-9-10-18-11-14)12-5-7-13(16)8-6-12/h5-8,14-15,17H,2-4,9-11H2,1H3. The molecule has 0 radical (unpaired) electrons. The number of hydrogen-bond donors (Lipinski definition) is 1. The van der Waals surface area contributed by atoms with E-state index in [1.807, 2.05) is 12.1 Å². The van der Waals surface area contributed by atoms with Crippen molar-refractivity contribution in [1.82, 2.24) is 5.32 Å². The summed E-state index contributed by atoms with van der Waals surface area (Å²) in [5.74, 6) is -0.169. The van der Waals surface area contributed by atoms with Gasteiger partial charge in [0.05, 0.1) is 6.61 Å². The van der Waals surface area contributed by atoms with Crippen molar-refractivity contribution in [2.75, 3.05) is 13.2 Å². The SMILES string of the molecule is CCCCC(NC1CCOC1)c1ccc(F)cc1. The second-order valence-corrected chi connectivity index (χ2v) is 4.97. The first-order valence-electron chi connectivity index (χ1n) is 6.89. The lowest BCUT2D eigenvalue weighted by Crippen LogP contribution is -2.33. The lowest BCUT2D eigenvalue weighted by Gasteiger charge is -2.22. The van der Waals surface area contributed by atoms with E-state index in [9.17, 15) is 4.39 Å². The molecule has 1 fully saturated rings. The molecule has 0 aliphatic carbocycles. The summed E-state index contributed by atoms with van der Waals surface area (Å²) in [6.07, 6.45) is 4.53. The highest BCUT2D eigenvalue weighted by atomic mass is 19.1. The third kappa shape index (κ3) is 3.79. The molecule has 0 bridgehead atoms. The van der Waals surface area contributed by atoms with E-state index in [1.165, 1.54) is 18.4 Å². The van der Waals surface area contributed by atoms with Gasteiger partial charge in [0.25, 0.3) is 0 Å². The predicted octanol–water partition coefficient (Wildman–Crippen LogP) is 3.44. The van der Waals surface area contributed by atoms with Crippen molar-refractivity contribution in [3.8, 4) is 0 Å². The van der Waals surface area contributed by atoms with Gasteiger partial charge >= 0.3 is 0 Å². The zero-order valence-electron chi connectivity index (χ0n) is 11.0. The van der Waals surface area contributed by atoms with E-state index in [0.29, 0.717) is 12.1 Å². The van der Waals surface area contributed by atoms with Crippen LogP contribution in [0, 0.1) is 5.82 Å². The van der Waals surface area contributed by atoms with Crippen molar-refractivity contribution >= 4 is 0 Å². The number of rotatable bonds is 6. The Hall–Kier alpha value is -0.930. The lowest BCUT2D eigenvalue weighted by molar-refractivity contribution is 0.187. The van der Waals surface area contributed by atoms with Gasteiger partial charge in [0.1, 0.15) is 5.82 Å². The van der Waals surface area contributed by atoms with Crippen molar-refractivity contribution in [2.45, 2.75) is 44.7 Å². The fourth-order valence-electron chi connectivity index (χ4n) is 2.40. The van der Waals surface area contributed by atoms with Gasteiger partial charge < -0.3 is 10.1 Å². The third-order valence-corrected chi connectivity index (χ3v) is 3.49. The first-order chi connectivity index (χ1) is 8.79. The maximum Gasteiger partial charge on any atom is 0.123 e. The molecule has 0 saturated carbocycles. The topological polar surface area (TPSA) is 21.3 Å². The zero-order chi connectivity index (χ0) is 12.8. The number of halogens is 1. The molecule has 1 heterocycles. The van der Waals surface area contributed by atoms with Gasteiger partial charge in [-0.05, 0) is 30.5 Å². The molecule has 1 aliphatic heterocycles. The molecule has 2 nitrogen and oxygen atoms in total. The average molecular weight is 251 g/mol. The van der Waals surface area contributed by atoms with Gasteiger partial charge in [-0.25, -0.2) is 4.39 Å². The van der Waals surface area contributed by atoms with Crippen LogP contribution in [-0.2, 0) is 4.74 Å². The Kier molecular flexibility index (Phi) is 5.14. The van der Waals surface area contributed by atoms with Gasteiger partial charge in [-0.3, -0.25) is 0 Å². The van der Waals surface area contributed by atoms with Gasteiger partial charge in [0, 0.05) is 18.7 Å². The van der Waals surface area contributed by atoms with Crippen LogP contribution in [0.5, 0.6) is 0 Å². The van der Waals surface area contributed by atoms with Crippen molar-refractivity contribution in [2.24, 2.45) is 0 Å². The molecule has 2 rings (SSSR count). The molecule has 1 aromatic rings. The molecule has 1 aromatic carbocycles. The number of hydrogen-bond acceptors (Lipinski definition) is 2. The second-order valence-electron chi connectivity index (χ2n) is 4.97. The zero-order valence-corrected chi connectivity index (χ0v) is 11.0. The van der Waals surface area contributed by atoms with Crippen molar-refractivity contribution in [3.05, 3.63) is 35.6 Å². The Morgan fingerprint density at radius 1 is 1.39 bits per heavy atom. The maximum atomic E-state index is 13.0. The molecule has 1 aliphatic rings. The van der Waals surface area contributed by atoms with E-state index in [-0.39, 0.29) is 5.82 Å². The summed E-state index contributed by atoms with van der Waals surface area (Å²) in [5, 5.41) is 3.64. The van der Waals surface area contributed by atoms with Crippen LogP contribution < -0.4 is 5.32 Å². The molecule has 3 heteroatoms. The van der Waals surface area contributed by atoms with E-state index in [0.717, 1.165) is 26.1 Å². The minimum Gasteiger partial charge on any atom is -0.380 e. The lowest BCUT2D eigenvalue weighted by atomic mass is 10.00. The third-order valence-electron chi connectivity index (χ3n) is 3.49. The summed E-state index contributed by atoms with van der Waals surface area (Å²) in [4.78, 5) is 0. The van der Waals surface area contributed by atoms with E-state index in [4.69, 9.17) is 4.74 Å². The predicted molar refractivity (Wildman–Crippen MR) is 71.0 cm³/mol. The minimum atomic E-state index is -0.169. The van der Waals surface area contributed by atoms with E-state index < -0.39 is 0 Å². The van der Waals surface area contributed by atoms with Crippen molar-refractivity contribution in [1.29, 1.82) is 0 Å². The molecule has 0 spiro atoms. The fraction of sp³-hybridized carbons (Fsp3) is 0.600. The molecule has 1 saturated heterocycles. The number of unbranched alkanes of at least 4 members (excludes halogenated alkanes) is 1. The summed E-state index contributed by atoms with van der Waals surface area (Å²) in [7, 11) is 0. The summed E-state index contributed by atoms with van der Waals surface area (Å²) in [6, 6.07) is 7.62. The molecule has 0 amide bonds. The molecule has 1 N–H and O–H groups in total. The Balaban J connectivity index is 2.00. The van der Waals surface area contributed by atoms with Crippen LogP contribution in [-0.4, -0.2) is 19.3 Å². The monoisotopic (exact) mass is 251 g/mol. The van der Waals surface area contributed by atoms with Crippen LogP contribution in [0.15, 0.2) is 24.3 Å². The second kappa shape index (κ2) is 6.86. The average Bonchev–Trinajstić information content (AvgIpc) is 2.88. The summed E-state index contributed by atoms with van der Waals surface area (Å²) in [5.41, 5.74) is 1.18. The van der Waals surface area contributed by atoms with Gasteiger partial charge in [-0.1, -0.05) is 31.9 Å². The first-order valence-corrected chi connectivity index (χ1v) is 6.89. The van der Waals surface area contributed by atoms with Gasteiger partial charge in [0.2, 0.25) is 0 Å². The summed E-state index contributed by atoms with van der Waals surface area (Å²) < 4.78 is 18.4. The molecule has 2 unspecified atom stereocenters. The molecular formula is C15H22FNO. The van der Waals surface area contributed by atoms with E-state index in [2.05, 4.69) is 12.2 Å². The van der Waals surface area contributed by atoms with E-state index >= 15 is 0 Å². The Labute approximate surface area is 109 Å². The Morgan fingerprint density at radius 2 is 2.17 bits per heavy atom. The highest BCUT2D eigenvalue weighted by Crippen LogP contribution is 2.22. The van der Waals surface area contributed by atoms with Crippen LogP contribution in [0.1, 0.15) is 44.2 Å². The molecule has 0 aromatic heterocycles. The largest absolute Gasteiger partial charge is 0.380 e. The van der Waals surface area contributed by atoms with Gasteiger partial charge in [-0.15, -0.1) is 0 Å². The number of ether oxygens (including phenoxy) is 1. The normalized spacial score (nSPS) is 21.1. The number of nitrogens with one attached hydrogen (secondary N) is 1. The number of benzene rings is 1. The highest BCUT2D eigenvalue weighted by Gasteiger charge is 2.20. The van der Waals surface area contributed by atoms with E-state index in [1.54, 1.807) is 12.1 Å². The van der Waals surface area contributed by atoms with Crippen LogP contribution in [0.3, 0.4) is 0 Å². The highest BCUT2D eigenvalue weighted by molar-refractivity contribution is 5.20. The Morgan fingerprint density at radius 3 is 2.78 bits per heavy atom. The van der Waals surface area contributed by atoms with Crippen LogP contribution >= 0.6 is 0 Å².